The Hall–Kier alpha value is -0.120. The summed E-state index contributed by atoms with van der Waals surface area (Å²) in [5, 5.41) is 8.82. The van der Waals surface area contributed by atoms with Crippen molar-refractivity contribution in [2.45, 2.75) is 19.4 Å². The zero-order chi connectivity index (χ0) is 9.26. The molecular weight excluding hydrogens is 166 g/mol. The van der Waals surface area contributed by atoms with Gasteiger partial charge < -0.3 is 14.7 Å². The third kappa shape index (κ3) is 1.73. The van der Waals surface area contributed by atoms with Crippen molar-refractivity contribution in [2.75, 3.05) is 32.8 Å². The molecule has 0 amide bonds. The molecule has 3 heteroatoms. The second-order valence-electron chi connectivity index (χ2n) is 4.16. The molecule has 0 unspecified atom stereocenters. The third-order valence-electron chi connectivity index (χ3n) is 3.30. The molecule has 0 aromatic heterocycles. The molecule has 1 aliphatic carbocycles. The van der Waals surface area contributed by atoms with Crippen LogP contribution < -0.4 is 0 Å². The Morgan fingerprint density at radius 1 is 1.38 bits per heavy atom. The van der Waals surface area contributed by atoms with Crippen molar-refractivity contribution < 1.29 is 9.84 Å². The van der Waals surface area contributed by atoms with Gasteiger partial charge in [0.1, 0.15) is 0 Å². The first-order valence-electron chi connectivity index (χ1n) is 5.30. The molecule has 2 bridgehead atoms. The monoisotopic (exact) mass is 185 g/mol. The second kappa shape index (κ2) is 3.95. The quantitative estimate of drug-likeness (QED) is 0.685. The Bertz CT molecular complexity index is 162. The molecule has 2 aliphatic heterocycles. The lowest BCUT2D eigenvalue weighted by atomic mass is 9.68. The topological polar surface area (TPSA) is 32.7 Å². The molecule has 0 spiro atoms. The number of aliphatic hydroxyl groups is 1. The highest BCUT2D eigenvalue weighted by atomic mass is 16.5. The minimum absolute atomic E-state index is 0.290. The molecule has 1 N–H and O–H groups in total. The van der Waals surface area contributed by atoms with Gasteiger partial charge in [0.05, 0.1) is 12.7 Å². The van der Waals surface area contributed by atoms with Gasteiger partial charge >= 0.3 is 0 Å². The molecule has 1 saturated carbocycles. The Labute approximate surface area is 79.7 Å². The van der Waals surface area contributed by atoms with Crippen LogP contribution in [0.5, 0.6) is 0 Å². The van der Waals surface area contributed by atoms with E-state index in [1.54, 1.807) is 0 Å². The molecule has 0 aromatic carbocycles. The van der Waals surface area contributed by atoms with Crippen molar-refractivity contribution >= 4 is 0 Å². The molecule has 0 aromatic rings. The predicted octanol–water partition coefficient (Wildman–Crippen LogP) is 0.336. The van der Waals surface area contributed by atoms with E-state index < -0.39 is 0 Å². The molecule has 76 valence electrons. The van der Waals surface area contributed by atoms with E-state index in [1.807, 2.05) is 0 Å². The Morgan fingerprint density at radius 3 is 2.62 bits per heavy atom. The van der Waals surface area contributed by atoms with Gasteiger partial charge in [-0.1, -0.05) is 0 Å². The Morgan fingerprint density at radius 2 is 2.08 bits per heavy atom. The van der Waals surface area contributed by atoms with Crippen LogP contribution in [0, 0.1) is 11.8 Å². The Kier molecular flexibility index (Phi) is 2.86. The summed E-state index contributed by atoms with van der Waals surface area (Å²) in [7, 11) is 0. The average molecular weight is 185 g/mol. The summed E-state index contributed by atoms with van der Waals surface area (Å²) in [4.78, 5) is 2.36. The largest absolute Gasteiger partial charge is 0.395 e. The lowest BCUT2D eigenvalue weighted by Crippen LogP contribution is -2.59. The first kappa shape index (κ1) is 9.44. The van der Waals surface area contributed by atoms with E-state index in [0.717, 1.165) is 38.1 Å². The van der Waals surface area contributed by atoms with Crippen molar-refractivity contribution in [3.63, 3.8) is 0 Å². The van der Waals surface area contributed by atoms with Crippen molar-refractivity contribution in [2.24, 2.45) is 11.8 Å². The van der Waals surface area contributed by atoms with Crippen molar-refractivity contribution in [3.05, 3.63) is 0 Å². The van der Waals surface area contributed by atoms with Gasteiger partial charge in [0, 0.05) is 26.2 Å². The van der Waals surface area contributed by atoms with Gasteiger partial charge in [0.2, 0.25) is 0 Å². The van der Waals surface area contributed by atoms with Gasteiger partial charge in [-0.15, -0.1) is 0 Å². The maximum absolute atomic E-state index is 8.82. The van der Waals surface area contributed by atoms with Crippen LogP contribution in [-0.2, 0) is 4.74 Å². The van der Waals surface area contributed by atoms with Crippen LogP contribution in [0.4, 0.5) is 0 Å². The maximum atomic E-state index is 8.82. The van der Waals surface area contributed by atoms with Crippen LogP contribution >= 0.6 is 0 Å². The van der Waals surface area contributed by atoms with Crippen molar-refractivity contribution in [1.82, 2.24) is 4.90 Å². The van der Waals surface area contributed by atoms with E-state index in [2.05, 4.69) is 11.8 Å². The summed E-state index contributed by atoms with van der Waals surface area (Å²) in [6, 6.07) is 0. The van der Waals surface area contributed by atoms with E-state index in [4.69, 9.17) is 9.84 Å². The van der Waals surface area contributed by atoms with Crippen molar-refractivity contribution in [1.29, 1.82) is 0 Å². The summed E-state index contributed by atoms with van der Waals surface area (Å²) >= 11 is 0. The predicted molar refractivity (Wildman–Crippen MR) is 50.5 cm³/mol. The van der Waals surface area contributed by atoms with E-state index in [-0.39, 0.29) is 0 Å². The van der Waals surface area contributed by atoms with E-state index >= 15 is 0 Å². The van der Waals surface area contributed by atoms with Gasteiger partial charge in [-0.3, -0.25) is 0 Å². The maximum Gasteiger partial charge on any atom is 0.0655 e. The lowest BCUT2D eigenvalue weighted by Gasteiger charge is -2.53. The molecule has 3 aliphatic rings. The fourth-order valence-electron chi connectivity index (χ4n) is 2.73. The number of hydrogen-bond acceptors (Lipinski definition) is 3. The SMILES string of the molecule is CCOC1[C@H]2C[C@H]1CN(CCO)C2. The van der Waals surface area contributed by atoms with Crippen LogP contribution in [0.3, 0.4) is 0 Å². The Balaban J connectivity index is 1.80. The van der Waals surface area contributed by atoms with E-state index in [9.17, 15) is 0 Å². The molecule has 0 radical (unpaired) electrons. The number of rotatable bonds is 4. The normalized spacial score (nSPS) is 38.8. The van der Waals surface area contributed by atoms with Crippen molar-refractivity contribution in [3.8, 4) is 0 Å². The summed E-state index contributed by atoms with van der Waals surface area (Å²) < 4.78 is 5.68. The second-order valence-corrected chi connectivity index (χ2v) is 4.16. The van der Waals surface area contributed by atoms with Gasteiger partial charge in [-0.25, -0.2) is 0 Å². The first-order valence-corrected chi connectivity index (χ1v) is 5.30. The molecule has 13 heavy (non-hydrogen) atoms. The number of ether oxygens (including phenoxy) is 1. The molecular formula is C10H19NO2. The smallest absolute Gasteiger partial charge is 0.0655 e. The fourth-order valence-corrected chi connectivity index (χ4v) is 2.73. The van der Waals surface area contributed by atoms with Gasteiger partial charge in [0.15, 0.2) is 0 Å². The van der Waals surface area contributed by atoms with Gasteiger partial charge in [0.25, 0.3) is 0 Å². The average Bonchev–Trinajstić information content (AvgIpc) is 2.15. The first-order chi connectivity index (χ1) is 6.35. The zero-order valence-electron chi connectivity index (χ0n) is 8.28. The van der Waals surface area contributed by atoms with Gasteiger partial charge in [-0.2, -0.15) is 0 Å². The number of piperidine rings is 2. The fraction of sp³-hybridized carbons (Fsp3) is 1.00. The van der Waals surface area contributed by atoms with Crippen LogP contribution in [0.15, 0.2) is 0 Å². The number of aliphatic hydroxyl groups excluding tert-OH is 1. The van der Waals surface area contributed by atoms with E-state index in [1.165, 1.54) is 6.42 Å². The molecule has 3 nitrogen and oxygen atoms in total. The minimum Gasteiger partial charge on any atom is -0.395 e. The molecule has 2 saturated heterocycles. The molecule has 2 atom stereocenters. The molecule has 3 fully saturated rings. The minimum atomic E-state index is 0.290. The third-order valence-corrected chi connectivity index (χ3v) is 3.30. The number of nitrogens with zero attached hydrogens (tertiary/aromatic N) is 1. The number of hydrogen-bond donors (Lipinski definition) is 1. The highest BCUT2D eigenvalue weighted by molar-refractivity contribution is 4.98. The van der Waals surface area contributed by atoms with Crippen LogP contribution in [-0.4, -0.2) is 49.0 Å². The highest BCUT2D eigenvalue weighted by Crippen LogP contribution is 2.41. The standard InChI is InChI=1S/C10H19NO2/c1-2-13-10-8-5-9(10)7-11(6-8)3-4-12/h8-10,12H,2-7H2,1H3/t8-,9-/m0/s1. The summed E-state index contributed by atoms with van der Waals surface area (Å²) in [6.45, 7) is 6.30. The summed E-state index contributed by atoms with van der Waals surface area (Å²) in [5.74, 6) is 1.48. The molecule has 3 rings (SSSR count). The summed E-state index contributed by atoms with van der Waals surface area (Å²) in [5.41, 5.74) is 0. The number of fused-ring (bicyclic) bond motifs is 2. The highest BCUT2D eigenvalue weighted by Gasteiger charge is 2.46. The van der Waals surface area contributed by atoms with E-state index in [0.29, 0.717) is 12.7 Å². The molecule has 2 heterocycles. The summed E-state index contributed by atoms with van der Waals surface area (Å²) in [6.07, 6.45) is 1.87. The lowest BCUT2D eigenvalue weighted by molar-refractivity contribution is -0.141. The zero-order valence-corrected chi connectivity index (χ0v) is 8.28. The van der Waals surface area contributed by atoms with Crippen LogP contribution in [0.2, 0.25) is 0 Å². The van der Waals surface area contributed by atoms with Gasteiger partial charge in [-0.05, 0) is 25.2 Å². The van der Waals surface area contributed by atoms with Crippen LogP contribution in [0.1, 0.15) is 13.3 Å². The van der Waals surface area contributed by atoms with Crippen LogP contribution in [0.25, 0.3) is 0 Å².